The number of piperazine rings is 1. The van der Waals surface area contributed by atoms with Crippen LogP contribution in [0.25, 0.3) is 0 Å². The van der Waals surface area contributed by atoms with E-state index >= 15 is 0 Å². The van der Waals surface area contributed by atoms with E-state index in [1.54, 1.807) is 6.07 Å². The van der Waals surface area contributed by atoms with Gasteiger partial charge in [-0.05, 0) is 27.7 Å². The van der Waals surface area contributed by atoms with Gasteiger partial charge in [0.1, 0.15) is 0 Å². The molecule has 1 aromatic heterocycles. The minimum absolute atomic E-state index is 0.0592. The lowest BCUT2D eigenvalue weighted by molar-refractivity contribution is -0.122. The van der Waals surface area contributed by atoms with E-state index in [9.17, 15) is 4.79 Å². The summed E-state index contributed by atoms with van der Waals surface area (Å²) in [6.45, 7) is 13.1. The molecule has 0 aliphatic carbocycles. The van der Waals surface area contributed by atoms with E-state index in [4.69, 9.17) is 9.26 Å². The Morgan fingerprint density at radius 1 is 1.57 bits per heavy atom. The number of carbonyl (C=O) groups excluding carboxylic acids is 1. The number of rotatable bonds is 7. The molecule has 130 valence electrons. The molecule has 2 rings (SSSR count). The summed E-state index contributed by atoms with van der Waals surface area (Å²) >= 11 is 0. The maximum atomic E-state index is 12.3. The summed E-state index contributed by atoms with van der Waals surface area (Å²) in [6, 6.07) is 1.93. The molecule has 0 bridgehead atoms. The Morgan fingerprint density at radius 2 is 2.35 bits per heavy atom. The van der Waals surface area contributed by atoms with E-state index in [0.29, 0.717) is 11.9 Å². The number of hydrogen-bond donors (Lipinski definition) is 1. The molecule has 0 saturated carbocycles. The highest BCUT2D eigenvalue weighted by Crippen LogP contribution is 2.14. The van der Waals surface area contributed by atoms with Crippen molar-refractivity contribution >= 4 is 11.8 Å². The zero-order valence-corrected chi connectivity index (χ0v) is 14.5. The molecule has 7 nitrogen and oxygen atoms in total. The van der Waals surface area contributed by atoms with Gasteiger partial charge in [0.05, 0.1) is 18.3 Å². The van der Waals surface area contributed by atoms with Gasteiger partial charge < -0.3 is 9.26 Å². The molecule has 0 unspecified atom stereocenters. The Hall–Kier alpha value is -1.44. The van der Waals surface area contributed by atoms with Gasteiger partial charge in [-0.2, -0.15) is 0 Å². The first-order chi connectivity index (χ1) is 11.0. The SMILES string of the molecule is CCOCCN1CCN([C@H](C)C(=O)Nc2cc(C)no2)C[C@@H]1C. The van der Waals surface area contributed by atoms with Gasteiger partial charge in [0, 0.05) is 44.9 Å². The molecule has 7 heteroatoms. The van der Waals surface area contributed by atoms with Crippen molar-refractivity contribution in [3.8, 4) is 0 Å². The van der Waals surface area contributed by atoms with Crippen molar-refractivity contribution < 1.29 is 14.1 Å². The fraction of sp³-hybridized carbons (Fsp3) is 0.750. The van der Waals surface area contributed by atoms with E-state index in [-0.39, 0.29) is 11.9 Å². The van der Waals surface area contributed by atoms with Crippen LogP contribution in [0.4, 0.5) is 5.88 Å². The first-order valence-corrected chi connectivity index (χ1v) is 8.31. The van der Waals surface area contributed by atoms with Crippen LogP contribution in [0.5, 0.6) is 0 Å². The van der Waals surface area contributed by atoms with Crippen molar-refractivity contribution in [3.05, 3.63) is 11.8 Å². The minimum Gasteiger partial charge on any atom is -0.380 e. The van der Waals surface area contributed by atoms with Crippen LogP contribution < -0.4 is 5.32 Å². The summed E-state index contributed by atoms with van der Waals surface area (Å²) in [5.74, 6) is 0.346. The molecule has 1 fully saturated rings. The van der Waals surface area contributed by atoms with E-state index in [1.807, 2.05) is 20.8 Å². The van der Waals surface area contributed by atoms with Crippen molar-refractivity contribution in [2.75, 3.05) is 44.7 Å². The summed E-state index contributed by atoms with van der Waals surface area (Å²) in [5, 5.41) is 6.56. The van der Waals surface area contributed by atoms with Crippen LogP contribution in [-0.4, -0.2) is 72.3 Å². The Bertz CT molecular complexity index is 505. The summed E-state index contributed by atoms with van der Waals surface area (Å²) in [7, 11) is 0. The van der Waals surface area contributed by atoms with Crippen molar-refractivity contribution in [1.29, 1.82) is 0 Å². The largest absolute Gasteiger partial charge is 0.380 e. The van der Waals surface area contributed by atoms with Gasteiger partial charge in [-0.1, -0.05) is 5.16 Å². The monoisotopic (exact) mass is 324 g/mol. The second kappa shape index (κ2) is 8.42. The average molecular weight is 324 g/mol. The van der Waals surface area contributed by atoms with Gasteiger partial charge in [0.25, 0.3) is 0 Å². The summed E-state index contributed by atoms with van der Waals surface area (Å²) in [4.78, 5) is 17.0. The fourth-order valence-electron chi connectivity index (χ4n) is 2.85. The lowest BCUT2D eigenvalue weighted by atomic mass is 10.1. The van der Waals surface area contributed by atoms with Crippen LogP contribution >= 0.6 is 0 Å². The number of nitrogens with one attached hydrogen (secondary N) is 1. The molecule has 0 aromatic carbocycles. The summed E-state index contributed by atoms with van der Waals surface area (Å²) < 4.78 is 10.5. The Morgan fingerprint density at radius 3 is 2.96 bits per heavy atom. The quantitative estimate of drug-likeness (QED) is 0.764. The molecule has 2 heterocycles. The van der Waals surface area contributed by atoms with Crippen LogP contribution in [-0.2, 0) is 9.53 Å². The second-order valence-electron chi connectivity index (χ2n) is 6.07. The summed E-state index contributed by atoms with van der Waals surface area (Å²) in [6.07, 6.45) is 0. The van der Waals surface area contributed by atoms with E-state index in [1.165, 1.54) is 0 Å². The predicted octanol–water partition coefficient (Wildman–Crippen LogP) is 1.35. The first kappa shape index (κ1) is 17.9. The fourth-order valence-corrected chi connectivity index (χ4v) is 2.85. The van der Waals surface area contributed by atoms with E-state index in [0.717, 1.165) is 45.1 Å². The molecule has 1 aliphatic rings. The van der Waals surface area contributed by atoms with Crippen molar-refractivity contribution in [3.63, 3.8) is 0 Å². The Balaban J connectivity index is 1.81. The number of carbonyl (C=O) groups is 1. The molecule has 1 aliphatic heterocycles. The van der Waals surface area contributed by atoms with Crippen molar-refractivity contribution in [2.24, 2.45) is 0 Å². The lowest BCUT2D eigenvalue weighted by Crippen LogP contribution is -2.57. The van der Waals surface area contributed by atoms with Crippen LogP contribution in [0.3, 0.4) is 0 Å². The third-order valence-corrected chi connectivity index (χ3v) is 4.32. The average Bonchev–Trinajstić information content (AvgIpc) is 2.93. The number of ether oxygens (including phenoxy) is 1. The van der Waals surface area contributed by atoms with Gasteiger partial charge in [0.2, 0.25) is 11.8 Å². The van der Waals surface area contributed by atoms with Crippen LogP contribution in [0.15, 0.2) is 10.6 Å². The Labute approximate surface area is 137 Å². The molecular weight excluding hydrogens is 296 g/mol. The van der Waals surface area contributed by atoms with Crippen LogP contribution in [0, 0.1) is 6.92 Å². The molecule has 1 N–H and O–H groups in total. The highest BCUT2D eigenvalue weighted by Gasteiger charge is 2.29. The number of hydrogen-bond acceptors (Lipinski definition) is 6. The zero-order valence-electron chi connectivity index (χ0n) is 14.5. The smallest absolute Gasteiger partial charge is 0.243 e. The normalized spacial score (nSPS) is 21.3. The molecule has 1 amide bonds. The molecule has 0 radical (unpaired) electrons. The van der Waals surface area contributed by atoms with Gasteiger partial charge in [0.15, 0.2) is 0 Å². The van der Waals surface area contributed by atoms with Gasteiger partial charge >= 0.3 is 0 Å². The molecule has 1 saturated heterocycles. The number of amides is 1. The number of aromatic nitrogens is 1. The molecule has 1 aromatic rings. The third kappa shape index (κ3) is 5.02. The minimum atomic E-state index is -0.197. The van der Waals surface area contributed by atoms with Crippen molar-refractivity contribution in [2.45, 2.75) is 39.8 Å². The van der Waals surface area contributed by atoms with Crippen molar-refractivity contribution in [1.82, 2.24) is 15.0 Å². The third-order valence-electron chi connectivity index (χ3n) is 4.32. The van der Waals surface area contributed by atoms with Gasteiger partial charge in [-0.15, -0.1) is 0 Å². The lowest BCUT2D eigenvalue weighted by Gasteiger charge is -2.41. The first-order valence-electron chi connectivity index (χ1n) is 8.31. The standard InChI is InChI=1S/C16H28N4O3/c1-5-22-9-8-19-6-7-20(11-13(19)3)14(4)16(21)17-15-10-12(2)18-23-15/h10,13-14H,5-9,11H2,1-4H3,(H,17,21)/t13-,14+/m0/s1. The van der Waals surface area contributed by atoms with Crippen LogP contribution in [0.1, 0.15) is 26.5 Å². The molecule has 2 atom stereocenters. The second-order valence-corrected chi connectivity index (χ2v) is 6.07. The Kier molecular flexibility index (Phi) is 6.56. The summed E-state index contributed by atoms with van der Waals surface area (Å²) in [5.41, 5.74) is 0.754. The maximum absolute atomic E-state index is 12.3. The zero-order chi connectivity index (χ0) is 16.8. The molecule has 0 spiro atoms. The molecule has 23 heavy (non-hydrogen) atoms. The number of aryl methyl sites for hydroxylation is 1. The highest BCUT2D eigenvalue weighted by atomic mass is 16.5. The maximum Gasteiger partial charge on any atom is 0.243 e. The predicted molar refractivity (Wildman–Crippen MR) is 88.4 cm³/mol. The van der Waals surface area contributed by atoms with Gasteiger partial charge in [-0.3, -0.25) is 19.9 Å². The molecular formula is C16H28N4O3. The van der Waals surface area contributed by atoms with E-state index < -0.39 is 0 Å². The van der Waals surface area contributed by atoms with Crippen LogP contribution in [0.2, 0.25) is 0 Å². The highest BCUT2D eigenvalue weighted by molar-refractivity contribution is 5.93. The topological polar surface area (TPSA) is 70.8 Å². The van der Waals surface area contributed by atoms with E-state index in [2.05, 4.69) is 27.2 Å². The number of nitrogens with zero attached hydrogens (tertiary/aromatic N) is 3. The van der Waals surface area contributed by atoms with Gasteiger partial charge in [-0.25, -0.2) is 0 Å². The number of anilines is 1.